The lowest BCUT2D eigenvalue weighted by molar-refractivity contribution is -0.121. The summed E-state index contributed by atoms with van der Waals surface area (Å²) in [7, 11) is -2.31. The third-order valence-corrected chi connectivity index (χ3v) is 5.69. The Bertz CT molecular complexity index is 776. The lowest BCUT2D eigenvalue weighted by Crippen LogP contribution is -2.43. The molecule has 1 aromatic heterocycles. The van der Waals surface area contributed by atoms with Crippen LogP contribution in [0.25, 0.3) is 0 Å². The van der Waals surface area contributed by atoms with Crippen LogP contribution in [0.15, 0.2) is 52.4 Å². The maximum atomic E-state index is 12.4. The number of hydrogen-bond acceptors (Lipinski definition) is 4. The van der Waals surface area contributed by atoms with Crippen LogP contribution in [0, 0.1) is 0 Å². The summed E-state index contributed by atoms with van der Waals surface area (Å²) < 4.78 is 28.5. The van der Waals surface area contributed by atoms with Gasteiger partial charge in [0, 0.05) is 36.5 Å². The van der Waals surface area contributed by atoms with Gasteiger partial charge in [-0.05, 0) is 31.2 Å². The average Bonchev–Trinajstić information content (AvgIpc) is 3.00. The van der Waals surface area contributed by atoms with Gasteiger partial charge < -0.3 is 9.88 Å². The van der Waals surface area contributed by atoms with Crippen molar-refractivity contribution in [2.24, 2.45) is 0 Å². The monoisotopic (exact) mass is 414 g/mol. The Morgan fingerprint density at radius 3 is 2.62 bits per heavy atom. The van der Waals surface area contributed by atoms with E-state index in [1.54, 1.807) is 30.9 Å². The van der Waals surface area contributed by atoms with E-state index in [0.29, 0.717) is 6.54 Å². The van der Waals surface area contributed by atoms with Gasteiger partial charge in [-0.1, -0.05) is 15.9 Å². The van der Waals surface area contributed by atoms with Crippen LogP contribution >= 0.6 is 15.9 Å². The maximum absolute atomic E-state index is 12.4. The van der Waals surface area contributed by atoms with E-state index in [1.807, 2.05) is 11.5 Å². The second-order valence-electron chi connectivity index (χ2n) is 5.44. The van der Waals surface area contributed by atoms with Gasteiger partial charge >= 0.3 is 0 Å². The van der Waals surface area contributed by atoms with Crippen molar-refractivity contribution in [3.8, 4) is 0 Å². The standard InChI is InChI=1S/C15H19BrN4O3S/c1-12(9-20-8-7-17-11-20)18-15(21)10-19(2)24(22,23)14-5-3-13(16)4-6-14/h3-8,11-12H,9-10H2,1-2H3,(H,18,21). The molecule has 0 aliphatic heterocycles. The van der Waals surface area contributed by atoms with E-state index in [0.717, 1.165) is 8.78 Å². The van der Waals surface area contributed by atoms with Gasteiger partial charge in [-0.15, -0.1) is 0 Å². The minimum atomic E-state index is -3.70. The van der Waals surface area contributed by atoms with Crippen molar-refractivity contribution in [3.63, 3.8) is 0 Å². The molecule has 1 atom stereocenters. The van der Waals surface area contributed by atoms with E-state index in [-0.39, 0.29) is 23.4 Å². The first kappa shape index (κ1) is 18.6. The van der Waals surface area contributed by atoms with E-state index < -0.39 is 10.0 Å². The first-order chi connectivity index (χ1) is 11.3. The predicted octanol–water partition coefficient (Wildman–Crippen LogP) is 1.47. The molecule has 0 bridgehead atoms. The molecular weight excluding hydrogens is 396 g/mol. The summed E-state index contributed by atoms with van der Waals surface area (Å²) in [6.07, 6.45) is 5.12. The van der Waals surface area contributed by atoms with Crippen LogP contribution in [0.3, 0.4) is 0 Å². The number of benzene rings is 1. The number of rotatable bonds is 7. The van der Waals surface area contributed by atoms with Crippen LogP contribution in [0.5, 0.6) is 0 Å². The summed E-state index contributed by atoms with van der Waals surface area (Å²) in [5.74, 6) is -0.356. The topological polar surface area (TPSA) is 84.3 Å². The third-order valence-electron chi connectivity index (χ3n) is 3.34. The van der Waals surface area contributed by atoms with Crippen LogP contribution in [-0.4, -0.2) is 47.8 Å². The fourth-order valence-electron chi connectivity index (χ4n) is 2.15. The lowest BCUT2D eigenvalue weighted by Gasteiger charge is -2.19. The molecule has 2 rings (SSSR count). The second-order valence-corrected chi connectivity index (χ2v) is 8.40. The van der Waals surface area contributed by atoms with Crippen molar-refractivity contribution < 1.29 is 13.2 Å². The van der Waals surface area contributed by atoms with Gasteiger partial charge in [0.25, 0.3) is 0 Å². The van der Waals surface area contributed by atoms with Gasteiger partial charge in [-0.25, -0.2) is 13.4 Å². The zero-order valence-electron chi connectivity index (χ0n) is 13.4. The molecule has 1 amide bonds. The molecule has 0 saturated heterocycles. The Morgan fingerprint density at radius 1 is 1.38 bits per heavy atom. The molecular formula is C15H19BrN4O3S. The van der Waals surface area contributed by atoms with E-state index >= 15 is 0 Å². The molecule has 0 saturated carbocycles. The van der Waals surface area contributed by atoms with Gasteiger partial charge in [0.05, 0.1) is 17.8 Å². The third kappa shape index (κ3) is 4.89. The molecule has 1 N–H and O–H groups in total. The van der Waals surface area contributed by atoms with E-state index in [2.05, 4.69) is 26.2 Å². The molecule has 0 fully saturated rings. The van der Waals surface area contributed by atoms with Gasteiger partial charge in [0.1, 0.15) is 0 Å². The summed E-state index contributed by atoms with van der Waals surface area (Å²) in [6.45, 7) is 2.17. The quantitative estimate of drug-likeness (QED) is 0.743. The minimum absolute atomic E-state index is 0.143. The Hall–Kier alpha value is -1.71. The first-order valence-corrected chi connectivity index (χ1v) is 9.49. The summed E-state index contributed by atoms with van der Waals surface area (Å²) in [6, 6.07) is 6.14. The Labute approximate surface area is 149 Å². The SMILES string of the molecule is CC(Cn1ccnc1)NC(=O)CN(C)S(=O)(=O)c1ccc(Br)cc1. The Balaban J connectivity index is 1.93. The smallest absolute Gasteiger partial charge is 0.243 e. The number of nitrogens with one attached hydrogen (secondary N) is 1. The lowest BCUT2D eigenvalue weighted by atomic mass is 10.3. The normalized spacial score (nSPS) is 13.0. The minimum Gasteiger partial charge on any atom is -0.351 e. The number of nitrogens with zero attached hydrogens (tertiary/aromatic N) is 3. The fourth-order valence-corrected chi connectivity index (χ4v) is 3.54. The van der Waals surface area contributed by atoms with Crippen molar-refractivity contribution in [3.05, 3.63) is 47.5 Å². The van der Waals surface area contributed by atoms with Crippen molar-refractivity contribution in [2.75, 3.05) is 13.6 Å². The van der Waals surface area contributed by atoms with Gasteiger partial charge in [-0.2, -0.15) is 4.31 Å². The van der Waals surface area contributed by atoms with Crippen LogP contribution in [-0.2, 0) is 21.4 Å². The van der Waals surface area contributed by atoms with Crippen LogP contribution in [0.1, 0.15) is 6.92 Å². The zero-order valence-corrected chi connectivity index (χ0v) is 15.8. The molecule has 0 aliphatic carbocycles. The summed E-state index contributed by atoms with van der Waals surface area (Å²) >= 11 is 3.26. The number of hydrogen-bond donors (Lipinski definition) is 1. The summed E-state index contributed by atoms with van der Waals surface area (Å²) in [4.78, 5) is 16.2. The highest BCUT2D eigenvalue weighted by molar-refractivity contribution is 9.10. The highest BCUT2D eigenvalue weighted by Crippen LogP contribution is 2.17. The van der Waals surface area contributed by atoms with E-state index in [4.69, 9.17) is 0 Å². The zero-order chi connectivity index (χ0) is 17.7. The molecule has 2 aromatic rings. The fraction of sp³-hybridized carbons (Fsp3) is 0.333. The Morgan fingerprint density at radius 2 is 2.04 bits per heavy atom. The average molecular weight is 415 g/mol. The number of imidazole rings is 1. The largest absolute Gasteiger partial charge is 0.351 e. The molecule has 1 heterocycles. The molecule has 130 valence electrons. The molecule has 1 aromatic carbocycles. The summed E-state index contributed by atoms with van der Waals surface area (Å²) in [5, 5.41) is 2.78. The van der Waals surface area contributed by atoms with Gasteiger partial charge in [-0.3, -0.25) is 4.79 Å². The van der Waals surface area contributed by atoms with Crippen LogP contribution < -0.4 is 5.32 Å². The molecule has 0 radical (unpaired) electrons. The van der Waals surface area contributed by atoms with Crippen molar-refractivity contribution >= 4 is 31.9 Å². The summed E-state index contributed by atoms with van der Waals surface area (Å²) in [5.41, 5.74) is 0. The van der Waals surface area contributed by atoms with E-state index in [1.165, 1.54) is 19.2 Å². The number of amides is 1. The predicted molar refractivity (Wildman–Crippen MR) is 93.8 cm³/mol. The maximum Gasteiger partial charge on any atom is 0.243 e. The molecule has 1 unspecified atom stereocenters. The van der Waals surface area contributed by atoms with Gasteiger partial charge in [0.15, 0.2) is 0 Å². The number of halogens is 1. The number of likely N-dealkylation sites (N-methyl/N-ethyl adjacent to an activating group) is 1. The number of aromatic nitrogens is 2. The van der Waals surface area contributed by atoms with Crippen LogP contribution in [0.2, 0.25) is 0 Å². The van der Waals surface area contributed by atoms with Crippen molar-refractivity contribution in [1.82, 2.24) is 19.2 Å². The number of sulfonamides is 1. The first-order valence-electron chi connectivity index (χ1n) is 7.26. The van der Waals surface area contributed by atoms with Gasteiger partial charge in [0.2, 0.25) is 15.9 Å². The number of carbonyl (C=O) groups is 1. The van der Waals surface area contributed by atoms with Crippen molar-refractivity contribution in [2.45, 2.75) is 24.4 Å². The number of carbonyl (C=O) groups excluding carboxylic acids is 1. The molecule has 0 spiro atoms. The second kappa shape index (κ2) is 7.91. The highest BCUT2D eigenvalue weighted by atomic mass is 79.9. The Kier molecular flexibility index (Phi) is 6.14. The molecule has 7 nitrogen and oxygen atoms in total. The van der Waals surface area contributed by atoms with Crippen molar-refractivity contribution in [1.29, 1.82) is 0 Å². The molecule has 24 heavy (non-hydrogen) atoms. The van der Waals surface area contributed by atoms with E-state index in [9.17, 15) is 13.2 Å². The van der Waals surface area contributed by atoms with Crippen LogP contribution in [0.4, 0.5) is 0 Å². The molecule has 0 aliphatic rings. The highest BCUT2D eigenvalue weighted by Gasteiger charge is 2.23. The molecule has 9 heteroatoms.